The third-order valence-electron chi connectivity index (χ3n) is 4.40. The highest BCUT2D eigenvalue weighted by Crippen LogP contribution is 2.25. The van der Waals surface area contributed by atoms with Crippen LogP contribution in [0.15, 0.2) is 66.3 Å². The van der Waals surface area contributed by atoms with Crippen molar-refractivity contribution in [2.45, 2.75) is 32.0 Å². The van der Waals surface area contributed by atoms with Gasteiger partial charge in [-0.2, -0.15) is 0 Å². The predicted molar refractivity (Wildman–Crippen MR) is 116 cm³/mol. The van der Waals surface area contributed by atoms with E-state index in [0.29, 0.717) is 11.7 Å². The molecule has 144 valence electrons. The quantitative estimate of drug-likeness (QED) is 0.445. The molecule has 5 nitrogen and oxygen atoms in total. The Morgan fingerprint density at radius 3 is 2.68 bits per heavy atom. The van der Waals surface area contributed by atoms with Crippen LogP contribution in [0.1, 0.15) is 18.1 Å². The molecule has 0 fully saturated rings. The molecular weight excluding hydrogens is 368 g/mol. The van der Waals surface area contributed by atoms with E-state index in [9.17, 15) is 4.79 Å². The number of rotatable bonds is 8. The minimum atomic E-state index is -0.0524. The molecule has 0 unspecified atom stereocenters. The lowest BCUT2D eigenvalue weighted by molar-refractivity contribution is -0.113. The van der Waals surface area contributed by atoms with Crippen molar-refractivity contribution in [2.75, 3.05) is 11.1 Å². The monoisotopic (exact) mass is 392 g/mol. The topological polar surface area (TPSA) is 59.8 Å². The SMILES string of the molecule is C=CCn1c(SCC(=O)Nc2c(C)cccc2CC)nnc1-c1ccccc1. The largest absolute Gasteiger partial charge is 0.325 e. The number of amides is 1. The zero-order valence-electron chi connectivity index (χ0n) is 16.2. The maximum Gasteiger partial charge on any atom is 0.234 e. The smallest absolute Gasteiger partial charge is 0.234 e. The van der Waals surface area contributed by atoms with E-state index in [0.717, 1.165) is 34.6 Å². The van der Waals surface area contributed by atoms with Crippen LogP contribution < -0.4 is 5.32 Å². The summed E-state index contributed by atoms with van der Waals surface area (Å²) in [6, 6.07) is 16.0. The van der Waals surface area contributed by atoms with E-state index in [-0.39, 0.29) is 11.7 Å². The van der Waals surface area contributed by atoms with Gasteiger partial charge in [0.2, 0.25) is 5.91 Å². The maximum absolute atomic E-state index is 12.5. The van der Waals surface area contributed by atoms with E-state index < -0.39 is 0 Å². The molecule has 6 heteroatoms. The average molecular weight is 393 g/mol. The highest BCUT2D eigenvalue weighted by Gasteiger charge is 2.15. The molecule has 0 bridgehead atoms. The van der Waals surface area contributed by atoms with Crippen molar-refractivity contribution in [1.29, 1.82) is 0 Å². The lowest BCUT2D eigenvalue weighted by Gasteiger charge is -2.13. The fourth-order valence-electron chi connectivity index (χ4n) is 3.00. The number of aromatic nitrogens is 3. The Labute approximate surface area is 169 Å². The van der Waals surface area contributed by atoms with Crippen molar-refractivity contribution in [3.8, 4) is 11.4 Å². The van der Waals surface area contributed by atoms with Gasteiger partial charge in [-0.3, -0.25) is 9.36 Å². The Hall–Kier alpha value is -2.86. The Balaban J connectivity index is 1.73. The zero-order chi connectivity index (χ0) is 19.9. The highest BCUT2D eigenvalue weighted by molar-refractivity contribution is 7.99. The molecule has 0 aliphatic heterocycles. The first-order valence-electron chi connectivity index (χ1n) is 9.24. The summed E-state index contributed by atoms with van der Waals surface area (Å²) in [5, 5.41) is 12.4. The van der Waals surface area contributed by atoms with E-state index in [2.05, 4.69) is 29.0 Å². The van der Waals surface area contributed by atoms with Crippen LogP contribution >= 0.6 is 11.8 Å². The first-order valence-corrected chi connectivity index (χ1v) is 10.2. The molecule has 3 rings (SSSR count). The number of para-hydroxylation sites is 1. The minimum absolute atomic E-state index is 0.0524. The van der Waals surface area contributed by atoms with Gasteiger partial charge in [0.15, 0.2) is 11.0 Å². The summed E-state index contributed by atoms with van der Waals surface area (Å²) in [5.41, 5.74) is 4.10. The molecule has 1 heterocycles. The molecule has 1 N–H and O–H groups in total. The Morgan fingerprint density at radius 2 is 1.96 bits per heavy atom. The van der Waals surface area contributed by atoms with Crippen molar-refractivity contribution >= 4 is 23.4 Å². The fourth-order valence-corrected chi connectivity index (χ4v) is 3.75. The molecular formula is C22H24N4OS. The number of nitrogens with zero attached hydrogens (tertiary/aromatic N) is 3. The van der Waals surface area contributed by atoms with Crippen LogP contribution in [0.5, 0.6) is 0 Å². The second-order valence-corrected chi connectivity index (χ2v) is 7.31. The number of benzene rings is 2. The predicted octanol–water partition coefficient (Wildman–Crippen LogP) is 4.73. The van der Waals surface area contributed by atoms with Gasteiger partial charge in [-0.25, -0.2) is 0 Å². The number of aryl methyl sites for hydroxylation is 2. The number of carbonyl (C=O) groups is 1. The van der Waals surface area contributed by atoms with Crippen LogP contribution in [0.2, 0.25) is 0 Å². The second-order valence-electron chi connectivity index (χ2n) is 6.37. The Morgan fingerprint density at radius 1 is 1.18 bits per heavy atom. The Bertz CT molecular complexity index is 966. The molecule has 1 aromatic heterocycles. The van der Waals surface area contributed by atoms with Crippen molar-refractivity contribution in [3.63, 3.8) is 0 Å². The van der Waals surface area contributed by atoms with Gasteiger partial charge in [0.05, 0.1) is 5.75 Å². The number of thioether (sulfide) groups is 1. The normalized spacial score (nSPS) is 10.6. The summed E-state index contributed by atoms with van der Waals surface area (Å²) in [6.07, 6.45) is 2.68. The summed E-state index contributed by atoms with van der Waals surface area (Å²) in [4.78, 5) is 12.5. The van der Waals surface area contributed by atoms with Gasteiger partial charge >= 0.3 is 0 Å². The third-order valence-corrected chi connectivity index (χ3v) is 5.36. The summed E-state index contributed by atoms with van der Waals surface area (Å²) in [6.45, 7) is 8.50. The van der Waals surface area contributed by atoms with E-state index in [1.807, 2.05) is 60.0 Å². The van der Waals surface area contributed by atoms with Crippen LogP contribution in [0, 0.1) is 6.92 Å². The lowest BCUT2D eigenvalue weighted by atomic mass is 10.1. The van der Waals surface area contributed by atoms with Crippen LogP contribution in [0.3, 0.4) is 0 Å². The van der Waals surface area contributed by atoms with Crippen LogP contribution in [-0.4, -0.2) is 26.4 Å². The van der Waals surface area contributed by atoms with E-state index in [1.165, 1.54) is 11.8 Å². The maximum atomic E-state index is 12.5. The van der Waals surface area contributed by atoms with E-state index >= 15 is 0 Å². The van der Waals surface area contributed by atoms with Gasteiger partial charge in [-0.05, 0) is 24.5 Å². The van der Waals surface area contributed by atoms with Gasteiger partial charge in [0.1, 0.15) is 0 Å². The molecule has 0 radical (unpaired) electrons. The third kappa shape index (κ3) is 4.51. The minimum Gasteiger partial charge on any atom is -0.325 e. The molecule has 0 aliphatic carbocycles. The lowest BCUT2D eigenvalue weighted by Crippen LogP contribution is -2.16. The molecule has 0 spiro atoms. The van der Waals surface area contributed by atoms with Gasteiger partial charge in [0.25, 0.3) is 0 Å². The fraction of sp³-hybridized carbons (Fsp3) is 0.227. The molecule has 3 aromatic rings. The number of anilines is 1. The summed E-state index contributed by atoms with van der Waals surface area (Å²) < 4.78 is 1.98. The average Bonchev–Trinajstić information content (AvgIpc) is 3.11. The van der Waals surface area contributed by atoms with Crippen molar-refractivity contribution in [1.82, 2.24) is 14.8 Å². The number of nitrogens with one attached hydrogen (secondary N) is 1. The van der Waals surface area contributed by atoms with Crippen molar-refractivity contribution in [3.05, 3.63) is 72.3 Å². The second kappa shape index (κ2) is 9.37. The summed E-state index contributed by atoms with van der Waals surface area (Å²) in [5.74, 6) is 0.987. The van der Waals surface area contributed by atoms with Crippen LogP contribution in [-0.2, 0) is 17.8 Å². The van der Waals surface area contributed by atoms with Gasteiger partial charge in [-0.15, -0.1) is 16.8 Å². The molecule has 0 atom stereocenters. The van der Waals surface area contributed by atoms with Gasteiger partial charge in [-0.1, -0.05) is 73.3 Å². The van der Waals surface area contributed by atoms with Gasteiger partial charge in [0, 0.05) is 17.8 Å². The first-order chi connectivity index (χ1) is 13.6. The summed E-state index contributed by atoms with van der Waals surface area (Å²) >= 11 is 1.38. The number of allylic oxidation sites excluding steroid dienone is 1. The number of hydrogen-bond donors (Lipinski definition) is 1. The molecule has 0 saturated carbocycles. The number of hydrogen-bond acceptors (Lipinski definition) is 4. The van der Waals surface area contributed by atoms with Gasteiger partial charge < -0.3 is 5.32 Å². The van der Waals surface area contributed by atoms with E-state index in [1.54, 1.807) is 6.08 Å². The zero-order valence-corrected chi connectivity index (χ0v) is 17.0. The molecule has 1 amide bonds. The molecule has 28 heavy (non-hydrogen) atoms. The molecule has 2 aromatic carbocycles. The summed E-state index contributed by atoms with van der Waals surface area (Å²) in [7, 11) is 0. The van der Waals surface area contributed by atoms with Crippen LogP contribution in [0.25, 0.3) is 11.4 Å². The standard InChI is InChI=1S/C22H24N4OS/c1-4-14-26-21(18-11-7-6-8-12-18)24-25-22(26)28-15-19(27)23-20-16(3)10-9-13-17(20)5-2/h4,6-13H,1,5,14-15H2,2-3H3,(H,23,27). The molecule has 0 saturated heterocycles. The highest BCUT2D eigenvalue weighted by atomic mass is 32.2. The molecule has 0 aliphatic rings. The van der Waals surface area contributed by atoms with E-state index in [4.69, 9.17) is 0 Å². The first kappa shape index (κ1) is 19.9. The van der Waals surface area contributed by atoms with Crippen LogP contribution in [0.4, 0.5) is 5.69 Å². The number of carbonyl (C=O) groups excluding carboxylic acids is 1. The van der Waals surface area contributed by atoms with Crippen molar-refractivity contribution < 1.29 is 4.79 Å². The van der Waals surface area contributed by atoms with Crippen molar-refractivity contribution in [2.24, 2.45) is 0 Å². The Kier molecular flexibility index (Phi) is 6.66.